The third kappa shape index (κ3) is 5.07. The van der Waals surface area contributed by atoms with Gasteiger partial charge in [-0.3, -0.25) is 4.79 Å². The zero-order chi connectivity index (χ0) is 15.9. The van der Waals surface area contributed by atoms with Gasteiger partial charge in [0, 0.05) is 18.5 Å². The molecule has 1 amide bonds. The Hall–Kier alpha value is -2.08. The number of methoxy groups -OCH3 is 1. The van der Waals surface area contributed by atoms with Crippen molar-refractivity contribution in [2.45, 2.75) is 11.3 Å². The quantitative estimate of drug-likeness (QED) is 0.594. The lowest BCUT2D eigenvalue weighted by atomic mass is 10.2. The van der Waals surface area contributed by atoms with Crippen LogP contribution in [0.25, 0.3) is 0 Å². The van der Waals surface area contributed by atoms with Crippen LogP contribution in [-0.2, 0) is 14.8 Å². The molecule has 0 unspecified atom stereocenters. The molecule has 0 heterocycles. The van der Waals surface area contributed by atoms with Crippen molar-refractivity contribution in [1.82, 2.24) is 4.72 Å². The maximum Gasteiger partial charge on any atom is 0.244 e. The average molecular weight is 312 g/mol. The second kappa shape index (κ2) is 7.64. The van der Waals surface area contributed by atoms with Gasteiger partial charge in [-0.2, -0.15) is 0 Å². The van der Waals surface area contributed by atoms with E-state index >= 15 is 0 Å². The highest BCUT2D eigenvalue weighted by Crippen LogP contribution is 2.24. The first-order valence-electron chi connectivity index (χ1n) is 5.96. The van der Waals surface area contributed by atoms with E-state index in [0.29, 0.717) is 5.56 Å². The van der Waals surface area contributed by atoms with E-state index in [1.54, 1.807) is 6.07 Å². The van der Waals surface area contributed by atoms with Crippen LogP contribution in [-0.4, -0.2) is 39.7 Å². The zero-order valence-corrected chi connectivity index (χ0v) is 12.2. The molecule has 8 heteroatoms. The molecule has 0 fully saturated rings. The minimum atomic E-state index is -3.86. The Morgan fingerprint density at radius 2 is 2.19 bits per heavy atom. The SMILES string of the molecule is COc1ccc(C#CCO)cc1S(=O)(=O)NCCC(N)=O. The highest BCUT2D eigenvalue weighted by molar-refractivity contribution is 7.89. The monoisotopic (exact) mass is 312 g/mol. The molecule has 1 aromatic carbocycles. The van der Waals surface area contributed by atoms with Crippen molar-refractivity contribution >= 4 is 15.9 Å². The Morgan fingerprint density at radius 1 is 1.48 bits per heavy atom. The first kappa shape index (κ1) is 17.0. The molecule has 0 saturated heterocycles. The van der Waals surface area contributed by atoms with Crippen molar-refractivity contribution in [3.8, 4) is 17.6 Å². The minimum absolute atomic E-state index is 0.0980. The topological polar surface area (TPSA) is 119 Å². The van der Waals surface area contributed by atoms with Gasteiger partial charge in [0.05, 0.1) is 7.11 Å². The molecule has 0 aliphatic rings. The third-order valence-corrected chi connectivity index (χ3v) is 3.91. The molecule has 0 bridgehead atoms. The van der Waals surface area contributed by atoms with Crippen molar-refractivity contribution in [2.24, 2.45) is 5.73 Å². The second-order valence-electron chi connectivity index (χ2n) is 3.94. The normalized spacial score (nSPS) is 10.6. The Labute approximate surface area is 123 Å². The van der Waals surface area contributed by atoms with Gasteiger partial charge in [0.1, 0.15) is 17.3 Å². The summed E-state index contributed by atoms with van der Waals surface area (Å²) in [7, 11) is -2.52. The first-order valence-corrected chi connectivity index (χ1v) is 7.44. The number of hydrogen-bond acceptors (Lipinski definition) is 5. The lowest BCUT2D eigenvalue weighted by molar-refractivity contribution is -0.117. The van der Waals surface area contributed by atoms with Crippen molar-refractivity contribution < 1.29 is 23.1 Å². The molecule has 7 nitrogen and oxygen atoms in total. The minimum Gasteiger partial charge on any atom is -0.495 e. The van der Waals surface area contributed by atoms with E-state index < -0.39 is 15.9 Å². The van der Waals surface area contributed by atoms with Crippen molar-refractivity contribution in [3.63, 3.8) is 0 Å². The third-order valence-electron chi connectivity index (χ3n) is 2.43. The summed E-state index contributed by atoms with van der Waals surface area (Å²) in [4.78, 5) is 10.5. The lowest BCUT2D eigenvalue weighted by Crippen LogP contribution is -2.28. The molecule has 21 heavy (non-hydrogen) atoms. The van der Waals surface area contributed by atoms with Crippen molar-refractivity contribution in [1.29, 1.82) is 0 Å². The Morgan fingerprint density at radius 3 is 2.76 bits per heavy atom. The molecule has 1 aromatic rings. The fourth-order valence-electron chi connectivity index (χ4n) is 1.49. The summed E-state index contributed by atoms with van der Waals surface area (Å²) >= 11 is 0. The fraction of sp³-hybridized carbons (Fsp3) is 0.308. The molecule has 0 spiro atoms. The van der Waals surface area contributed by atoms with Gasteiger partial charge in [0.2, 0.25) is 15.9 Å². The van der Waals surface area contributed by atoms with Gasteiger partial charge >= 0.3 is 0 Å². The highest BCUT2D eigenvalue weighted by Gasteiger charge is 2.19. The molecule has 0 aromatic heterocycles. The van der Waals surface area contributed by atoms with Crippen LogP contribution in [0.4, 0.5) is 0 Å². The van der Waals surface area contributed by atoms with E-state index in [0.717, 1.165) is 0 Å². The average Bonchev–Trinajstić information content (AvgIpc) is 2.44. The summed E-state index contributed by atoms with van der Waals surface area (Å²) in [5, 5.41) is 8.65. The Kier molecular flexibility index (Phi) is 6.17. The molecule has 0 atom stereocenters. The number of nitrogens with one attached hydrogen (secondary N) is 1. The fourth-order valence-corrected chi connectivity index (χ4v) is 2.72. The molecule has 0 aliphatic heterocycles. The largest absolute Gasteiger partial charge is 0.495 e. The summed E-state index contributed by atoms with van der Waals surface area (Å²) < 4.78 is 31.6. The number of carbonyl (C=O) groups is 1. The first-order chi connectivity index (χ1) is 9.90. The van der Waals surface area contributed by atoms with Crippen LogP contribution in [0.2, 0.25) is 0 Å². The molecule has 0 radical (unpaired) electrons. The standard InChI is InChI=1S/C13H16N2O5S/c1-20-11-5-4-10(3-2-8-16)9-12(11)21(18,19)15-7-6-13(14)17/h4-5,9,15-16H,6-8H2,1H3,(H2,14,17). The molecule has 0 aliphatic carbocycles. The zero-order valence-electron chi connectivity index (χ0n) is 11.4. The Bertz CT molecular complexity index is 674. The predicted molar refractivity (Wildman–Crippen MR) is 76.0 cm³/mol. The van der Waals surface area contributed by atoms with Gasteiger partial charge in [0.25, 0.3) is 0 Å². The number of sulfonamides is 1. The van der Waals surface area contributed by atoms with Crippen LogP contribution in [0.15, 0.2) is 23.1 Å². The number of aliphatic hydroxyl groups excluding tert-OH is 1. The van der Waals surface area contributed by atoms with Gasteiger partial charge < -0.3 is 15.6 Å². The van der Waals surface area contributed by atoms with Crippen molar-refractivity contribution in [2.75, 3.05) is 20.3 Å². The van der Waals surface area contributed by atoms with E-state index in [2.05, 4.69) is 16.6 Å². The van der Waals surface area contributed by atoms with Crippen LogP contribution < -0.4 is 15.2 Å². The summed E-state index contributed by atoms with van der Waals surface area (Å²) in [6.07, 6.45) is -0.106. The predicted octanol–water partition coefficient (Wildman–Crippen LogP) is -0.807. The van der Waals surface area contributed by atoms with E-state index in [4.69, 9.17) is 15.6 Å². The van der Waals surface area contributed by atoms with Gasteiger partial charge in [0.15, 0.2) is 0 Å². The van der Waals surface area contributed by atoms with Crippen LogP contribution in [0, 0.1) is 11.8 Å². The molecule has 0 saturated carbocycles. The number of carbonyl (C=O) groups excluding carboxylic acids is 1. The lowest BCUT2D eigenvalue weighted by Gasteiger charge is -2.10. The van der Waals surface area contributed by atoms with E-state index in [1.807, 2.05) is 0 Å². The summed E-state index contributed by atoms with van der Waals surface area (Å²) in [5.74, 6) is 4.58. The van der Waals surface area contributed by atoms with Crippen LogP contribution in [0.3, 0.4) is 0 Å². The number of aliphatic hydroxyl groups is 1. The number of hydrogen-bond donors (Lipinski definition) is 3. The molecule has 4 N–H and O–H groups in total. The maximum atomic E-state index is 12.2. The van der Waals surface area contributed by atoms with E-state index in [1.165, 1.54) is 19.2 Å². The number of benzene rings is 1. The van der Waals surface area contributed by atoms with Crippen LogP contribution >= 0.6 is 0 Å². The molecular weight excluding hydrogens is 296 g/mol. The molecule has 1 rings (SSSR count). The smallest absolute Gasteiger partial charge is 0.244 e. The summed E-state index contributed by atoms with van der Waals surface area (Å²) in [6.45, 7) is -0.432. The Balaban J connectivity index is 3.10. The number of ether oxygens (including phenoxy) is 1. The number of primary amides is 1. The number of nitrogens with two attached hydrogens (primary N) is 1. The van der Waals surface area contributed by atoms with Gasteiger partial charge in [-0.15, -0.1) is 0 Å². The highest BCUT2D eigenvalue weighted by atomic mass is 32.2. The molecular formula is C13H16N2O5S. The van der Waals surface area contributed by atoms with E-state index in [-0.39, 0.29) is 30.2 Å². The van der Waals surface area contributed by atoms with Gasteiger partial charge in [-0.05, 0) is 18.2 Å². The molecule has 114 valence electrons. The van der Waals surface area contributed by atoms with Gasteiger partial charge in [-0.1, -0.05) is 11.8 Å². The summed E-state index contributed by atoms with van der Waals surface area (Å²) in [5.41, 5.74) is 5.37. The number of amides is 1. The maximum absolute atomic E-state index is 12.2. The summed E-state index contributed by atoms with van der Waals surface area (Å²) in [6, 6.07) is 4.36. The second-order valence-corrected chi connectivity index (χ2v) is 5.67. The van der Waals surface area contributed by atoms with E-state index in [9.17, 15) is 13.2 Å². The van der Waals surface area contributed by atoms with Crippen LogP contribution in [0.1, 0.15) is 12.0 Å². The van der Waals surface area contributed by atoms with Gasteiger partial charge in [-0.25, -0.2) is 13.1 Å². The van der Waals surface area contributed by atoms with Crippen LogP contribution in [0.5, 0.6) is 5.75 Å². The van der Waals surface area contributed by atoms with Crippen molar-refractivity contribution in [3.05, 3.63) is 23.8 Å². The number of rotatable bonds is 6.